The van der Waals surface area contributed by atoms with E-state index in [1.165, 1.54) is 11.8 Å². The molecule has 0 aliphatic heterocycles. The first-order chi connectivity index (χ1) is 8.13. The van der Waals surface area contributed by atoms with Gasteiger partial charge in [0.15, 0.2) is 0 Å². The first-order valence-corrected chi connectivity index (χ1v) is 6.37. The maximum Gasteiger partial charge on any atom is 0.313 e. The smallest absolute Gasteiger partial charge is 0.313 e. The number of carbonyl (C=O) groups excluding carboxylic acids is 1. The second kappa shape index (κ2) is 6.96. The van der Waals surface area contributed by atoms with Gasteiger partial charge in [0.2, 0.25) is 0 Å². The summed E-state index contributed by atoms with van der Waals surface area (Å²) in [6.07, 6.45) is 0.691. The highest BCUT2D eigenvalue weighted by atomic mass is 32.2. The van der Waals surface area contributed by atoms with Crippen molar-refractivity contribution in [3.8, 4) is 0 Å². The second-order valence-electron chi connectivity index (χ2n) is 3.44. The Hall–Kier alpha value is -1.49. The van der Waals surface area contributed by atoms with Crippen LogP contribution in [0.4, 0.5) is 0 Å². The SMILES string of the molecule is CCC(NC(=O)c1ccccc1)SCC(=O)O. The summed E-state index contributed by atoms with van der Waals surface area (Å²) < 4.78 is 0. The van der Waals surface area contributed by atoms with Crippen LogP contribution < -0.4 is 5.32 Å². The fourth-order valence-corrected chi connectivity index (χ4v) is 2.02. The lowest BCUT2D eigenvalue weighted by Gasteiger charge is -2.15. The van der Waals surface area contributed by atoms with Gasteiger partial charge in [0.1, 0.15) is 0 Å². The Balaban J connectivity index is 2.51. The third-order valence-corrected chi connectivity index (χ3v) is 3.37. The van der Waals surface area contributed by atoms with Gasteiger partial charge in [-0.25, -0.2) is 0 Å². The molecule has 4 nitrogen and oxygen atoms in total. The predicted octanol–water partition coefficient (Wildman–Crippen LogP) is 1.97. The van der Waals surface area contributed by atoms with Crippen molar-refractivity contribution in [1.29, 1.82) is 0 Å². The molecule has 2 N–H and O–H groups in total. The summed E-state index contributed by atoms with van der Waals surface area (Å²) >= 11 is 1.22. The molecule has 0 aromatic heterocycles. The van der Waals surface area contributed by atoms with Gasteiger partial charge in [-0.05, 0) is 18.6 Å². The monoisotopic (exact) mass is 253 g/mol. The Morgan fingerprint density at radius 2 is 2.00 bits per heavy atom. The standard InChI is InChI=1S/C12H15NO3S/c1-2-10(17-8-11(14)15)13-12(16)9-6-4-3-5-7-9/h3-7,10H,2,8H2,1H3,(H,13,16)(H,14,15). The van der Waals surface area contributed by atoms with E-state index in [4.69, 9.17) is 5.11 Å². The Labute approximate surface area is 104 Å². The lowest BCUT2D eigenvalue weighted by atomic mass is 10.2. The number of rotatable bonds is 6. The summed E-state index contributed by atoms with van der Waals surface area (Å²) in [4.78, 5) is 22.2. The molecule has 1 aromatic rings. The first-order valence-electron chi connectivity index (χ1n) is 5.32. The Bertz CT molecular complexity index is 381. The third-order valence-electron chi connectivity index (χ3n) is 2.11. The summed E-state index contributed by atoms with van der Waals surface area (Å²) in [6, 6.07) is 8.88. The minimum absolute atomic E-state index is 0.00637. The van der Waals surface area contributed by atoms with E-state index in [0.29, 0.717) is 12.0 Å². The molecule has 0 aliphatic rings. The molecule has 0 aliphatic carbocycles. The fourth-order valence-electron chi connectivity index (χ4n) is 1.25. The van der Waals surface area contributed by atoms with Crippen LogP contribution in [0.5, 0.6) is 0 Å². The summed E-state index contributed by atoms with van der Waals surface area (Å²) in [5.41, 5.74) is 0.585. The van der Waals surface area contributed by atoms with E-state index >= 15 is 0 Å². The highest BCUT2D eigenvalue weighted by molar-refractivity contribution is 8.00. The molecule has 0 saturated heterocycles. The third kappa shape index (κ3) is 4.91. The molecular formula is C12H15NO3S. The van der Waals surface area contributed by atoms with Gasteiger partial charge in [0.05, 0.1) is 11.1 Å². The lowest BCUT2D eigenvalue weighted by Crippen LogP contribution is -2.32. The molecule has 1 aromatic carbocycles. The van der Waals surface area contributed by atoms with Crippen LogP contribution in [0.15, 0.2) is 30.3 Å². The largest absolute Gasteiger partial charge is 0.481 e. The Morgan fingerprint density at radius 3 is 2.53 bits per heavy atom. The van der Waals surface area contributed by atoms with Gasteiger partial charge in [-0.3, -0.25) is 9.59 Å². The van der Waals surface area contributed by atoms with Crippen molar-refractivity contribution < 1.29 is 14.7 Å². The van der Waals surface area contributed by atoms with Crippen LogP contribution in [0.25, 0.3) is 0 Å². The van der Waals surface area contributed by atoms with Crippen molar-refractivity contribution in [2.45, 2.75) is 18.7 Å². The van der Waals surface area contributed by atoms with Crippen LogP contribution in [0, 0.1) is 0 Å². The van der Waals surface area contributed by atoms with Crippen molar-refractivity contribution in [3.05, 3.63) is 35.9 Å². The number of carbonyl (C=O) groups is 2. The summed E-state index contributed by atoms with van der Waals surface area (Å²) in [5, 5.41) is 11.2. The highest BCUT2D eigenvalue weighted by Gasteiger charge is 2.13. The Kier molecular flexibility index (Phi) is 5.56. The molecule has 17 heavy (non-hydrogen) atoms. The van der Waals surface area contributed by atoms with Crippen molar-refractivity contribution in [1.82, 2.24) is 5.32 Å². The van der Waals surface area contributed by atoms with Gasteiger partial charge in [-0.15, -0.1) is 11.8 Å². The zero-order valence-corrected chi connectivity index (χ0v) is 10.4. The minimum Gasteiger partial charge on any atom is -0.481 e. The number of hydrogen-bond donors (Lipinski definition) is 2. The molecule has 1 amide bonds. The average Bonchev–Trinajstić information content (AvgIpc) is 2.35. The Morgan fingerprint density at radius 1 is 1.35 bits per heavy atom. The molecule has 1 unspecified atom stereocenters. The van der Waals surface area contributed by atoms with Gasteiger partial charge in [0, 0.05) is 5.56 Å². The van der Waals surface area contributed by atoms with Crippen LogP contribution in [0.3, 0.4) is 0 Å². The zero-order chi connectivity index (χ0) is 12.7. The molecule has 0 spiro atoms. The molecule has 1 atom stereocenters. The van der Waals surface area contributed by atoms with Gasteiger partial charge < -0.3 is 10.4 Å². The number of aliphatic carboxylic acids is 1. The fraction of sp³-hybridized carbons (Fsp3) is 0.333. The second-order valence-corrected chi connectivity index (χ2v) is 4.63. The molecule has 0 heterocycles. The van der Waals surface area contributed by atoms with Crippen LogP contribution in [0.2, 0.25) is 0 Å². The number of carboxylic acid groups (broad SMARTS) is 1. The number of nitrogens with one attached hydrogen (secondary N) is 1. The normalized spacial score (nSPS) is 11.8. The maximum absolute atomic E-state index is 11.8. The van der Waals surface area contributed by atoms with E-state index in [9.17, 15) is 9.59 Å². The summed E-state index contributed by atoms with van der Waals surface area (Å²) in [5.74, 6) is -1.05. The minimum atomic E-state index is -0.873. The van der Waals surface area contributed by atoms with E-state index in [1.54, 1.807) is 24.3 Å². The summed E-state index contributed by atoms with van der Waals surface area (Å²) in [6.45, 7) is 1.91. The number of hydrogen-bond acceptors (Lipinski definition) is 3. The molecule has 0 fully saturated rings. The van der Waals surface area contributed by atoms with Crippen molar-refractivity contribution in [2.75, 3.05) is 5.75 Å². The molecule has 1 rings (SSSR count). The van der Waals surface area contributed by atoms with E-state index in [0.717, 1.165) is 0 Å². The van der Waals surface area contributed by atoms with Crippen molar-refractivity contribution in [3.63, 3.8) is 0 Å². The number of amides is 1. The van der Waals surface area contributed by atoms with Crippen LogP contribution in [-0.4, -0.2) is 28.1 Å². The van der Waals surface area contributed by atoms with Gasteiger partial charge >= 0.3 is 5.97 Å². The molecule has 0 saturated carbocycles. The van der Waals surface area contributed by atoms with E-state index in [-0.39, 0.29) is 17.0 Å². The van der Waals surface area contributed by atoms with E-state index in [1.807, 2.05) is 13.0 Å². The average molecular weight is 253 g/mol. The number of carboxylic acids is 1. The lowest BCUT2D eigenvalue weighted by molar-refractivity contribution is -0.133. The van der Waals surface area contributed by atoms with E-state index < -0.39 is 5.97 Å². The van der Waals surface area contributed by atoms with Gasteiger partial charge in [0.25, 0.3) is 5.91 Å². The number of thioether (sulfide) groups is 1. The molecular weight excluding hydrogens is 238 g/mol. The van der Waals surface area contributed by atoms with Crippen LogP contribution >= 0.6 is 11.8 Å². The van der Waals surface area contributed by atoms with Gasteiger partial charge in [-0.1, -0.05) is 25.1 Å². The first kappa shape index (κ1) is 13.6. The van der Waals surface area contributed by atoms with Crippen LogP contribution in [0.1, 0.15) is 23.7 Å². The molecule has 5 heteroatoms. The molecule has 0 bridgehead atoms. The maximum atomic E-state index is 11.8. The molecule has 0 radical (unpaired) electrons. The quantitative estimate of drug-likeness (QED) is 0.761. The highest BCUT2D eigenvalue weighted by Crippen LogP contribution is 2.12. The van der Waals surface area contributed by atoms with Gasteiger partial charge in [-0.2, -0.15) is 0 Å². The zero-order valence-electron chi connectivity index (χ0n) is 9.55. The van der Waals surface area contributed by atoms with Crippen molar-refractivity contribution in [2.24, 2.45) is 0 Å². The molecule has 92 valence electrons. The van der Waals surface area contributed by atoms with Crippen LogP contribution in [-0.2, 0) is 4.79 Å². The van der Waals surface area contributed by atoms with E-state index in [2.05, 4.69) is 5.32 Å². The summed E-state index contributed by atoms with van der Waals surface area (Å²) in [7, 11) is 0. The predicted molar refractivity (Wildman–Crippen MR) is 68.1 cm³/mol. The van der Waals surface area contributed by atoms with Crippen molar-refractivity contribution >= 4 is 23.6 Å². The topological polar surface area (TPSA) is 66.4 Å². The number of benzene rings is 1.